The summed E-state index contributed by atoms with van der Waals surface area (Å²) in [4.78, 5) is 12.4. The van der Waals surface area contributed by atoms with Gasteiger partial charge in [0.05, 0.1) is 11.1 Å². The van der Waals surface area contributed by atoms with Gasteiger partial charge in [0.1, 0.15) is 11.6 Å². The molecule has 0 saturated carbocycles. The highest BCUT2D eigenvalue weighted by Gasteiger charge is 2.37. The van der Waals surface area contributed by atoms with E-state index in [1.165, 1.54) is 0 Å². The van der Waals surface area contributed by atoms with Crippen molar-refractivity contribution in [1.82, 2.24) is 5.32 Å². The third-order valence-corrected chi connectivity index (χ3v) is 3.90. The molecule has 1 aromatic carbocycles. The molecular weight excluding hydrogens is 250 g/mol. The molecule has 0 radical (unpaired) electrons. The van der Waals surface area contributed by atoms with Crippen LogP contribution >= 0.6 is 0 Å². The molecule has 0 atom stereocenters. The molecule has 3 nitrogen and oxygen atoms in total. The molecular formula is C14H18F2N2O. The van der Waals surface area contributed by atoms with Crippen molar-refractivity contribution in [2.75, 3.05) is 18.4 Å². The zero-order valence-corrected chi connectivity index (χ0v) is 10.9. The monoisotopic (exact) mass is 268 g/mol. The zero-order chi connectivity index (χ0) is 13.9. The van der Waals surface area contributed by atoms with Crippen molar-refractivity contribution in [3.05, 3.63) is 29.8 Å². The normalized spacial score (nSPS) is 18.1. The number of halogens is 2. The van der Waals surface area contributed by atoms with Crippen LogP contribution < -0.4 is 10.6 Å². The minimum atomic E-state index is -0.616. The van der Waals surface area contributed by atoms with Crippen LogP contribution in [0.25, 0.3) is 0 Å². The van der Waals surface area contributed by atoms with Crippen LogP contribution in [0.3, 0.4) is 0 Å². The molecule has 5 heteroatoms. The van der Waals surface area contributed by atoms with Crippen LogP contribution in [0.4, 0.5) is 14.5 Å². The summed E-state index contributed by atoms with van der Waals surface area (Å²) in [5, 5.41) is 5.73. The Balaban J connectivity index is 2.17. The number of benzene rings is 1. The average molecular weight is 268 g/mol. The van der Waals surface area contributed by atoms with Crippen LogP contribution in [-0.4, -0.2) is 19.0 Å². The van der Waals surface area contributed by atoms with Gasteiger partial charge in [-0.1, -0.05) is 6.92 Å². The van der Waals surface area contributed by atoms with Crippen molar-refractivity contribution in [1.29, 1.82) is 0 Å². The maximum absolute atomic E-state index is 13.5. The predicted molar refractivity (Wildman–Crippen MR) is 69.8 cm³/mol. The first-order chi connectivity index (χ1) is 9.07. The van der Waals surface area contributed by atoms with Gasteiger partial charge in [-0.15, -0.1) is 0 Å². The van der Waals surface area contributed by atoms with Gasteiger partial charge >= 0.3 is 0 Å². The number of nitrogens with one attached hydrogen (secondary N) is 2. The fourth-order valence-corrected chi connectivity index (χ4v) is 2.49. The van der Waals surface area contributed by atoms with Crippen LogP contribution in [0.2, 0.25) is 0 Å². The smallest absolute Gasteiger partial charge is 0.230 e. The lowest BCUT2D eigenvalue weighted by molar-refractivity contribution is -0.127. The predicted octanol–water partition coefficient (Wildman–Crippen LogP) is 2.68. The SMILES string of the molecule is CCC1(C(=O)Nc2cc(F)ccc2F)CCNCC1. The number of rotatable bonds is 3. The van der Waals surface area contributed by atoms with E-state index < -0.39 is 17.0 Å². The second-order valence-electron chi connectivity index (χ2n) is 4.96. The summed E-state index contributed by atoms with van der Waals surface area (Å²) in [6, 6.07) is 3.06. The molecule has 104 valence electrons. The summed E-state index contributed by atoms with van der Waals surface area (Å²) in [6.45, 7) is 3.49. The zero-order valence-electron chi connectivity index (χ0n) is 10.9. The van der Waals surface area contributed by atoms with Gasteiger partial charge in [0.2, 0.25) is 5.91 Å². The summed E-state index contributed by atoms with van der Waals surface area (Å²) >= 11 is 0. The van der Waals surface area contributed by atoms with Crippen LogP contribution in [0.15, 0.2) is 18.2 Å². The van der Waals surface area contributed by atoms with Crippen molar-refractivity contribution in [3.63, 3.8) is 0 Å². The van der Waals surface area contributed by atoms with Crippen molar-refractivity contribution >= 4 is 11.6 Å². The number of amides is 1. The van der Waals surface area contributed by atoms with Crippen LogP contribution in [0.1, 0.15) is 26.2 Å². The van der Waals surface area contributed by atoms with Crippen LogP contribution in [-0.2, 0) is 4.79 Å². The molecule has 2 N–H and O–H groups in total. The number of anilines is 1. The lowest BCUT2D eigenvalue weighted by Gasteiger charge is -2.35. The van der Waals surface area contributed by atoms with E-state index in [1.54, 1.807) is 0 Å². The van der Waals surface area contributed by atoms with Gasteiger partial charge in [-0.05, 0) is 44.5 Å². The van der Waals surface area contributed by atoms with Crippen molar-refractivity contribution < 1.29 is 13.6 Å². The number of hydrogen-bond acceptors (Lipinski definition) is 2. The first-order valence-electron chi connectivity index (χ1n) is 6.54. The molecule has 0 aromatic heterocycles. The lowest BCUT2D eigenvalue weighted by atomic mass is 9.76. The second kappa shape index (κ2) is 5.65. The average Bonchev–Trinajstić information content (AvgIpc) is 2.43. The van der Waals surface area contributed by atoms with Crippen molar-refractivity contribution in [3.8, 4) is 0 Å². The summed E-state index contributed by atoms with van der Waals surface area (Å²) in [5.74, 6) is -1.40. The third-order valence-electron chi connectivity index (χ3n) is 3.90. The highest BCUT2D eigenvalue weighted by Crippen LogP contribution is 2.34. The van der Waals surface area contributed by atoms with Gasteiger partial charge in [-0.2, -0.15) is 0 Å². The maximum Gasteiger partial charge on any atom is 0.230 e. The molecule has 1 amide bonds. The summed E-state index contributed by atoms with van der Waals surface area (Å²) in [7, 11) is 0. The van der Waals surface area contributed by atoms with E-state index in [1.807, 2.05) is 6.92 Å². The number of hydrogen-bond donors (Lipinski definition) is 2. The molecule has 1 fully saturated rings. The molecule has 1 saturated heterocycles. The topological polar surface area (TPSA) is 41.1 Å². The van der Waals surface area contributed by atoms with Crippen LogP contribution in [0, 0.1) is 17.0 Å². The molecule has 1 heterocycles. The van der Waals surface area contributed by atoms with Crippen molar-refractivity contribution in [2.45, 2.75) is 26.2 Å². The standard InChI is InChI=1S/C14H18F2N2O/c1-2-14(5-7-17-8-6-14)13(19)18-12-9-10(15)3-4-11(12)16/h3-4,9,17H,2,5-8H2,1H3,(H,18,19). The van der Waals surface area contributed by atoms with E-state index in [4.69, 9.17) is 0 Å². The number of carbonyl (C=O) groups excluding carboxylic acids is 1. The molecule has 19 heavy (non-hydrogen) atoms. The molecule has 0 spiro atoms. The van der Waals surface area contributed by atoms with Crippen LogP contribution in [0.5, 0.6) is 0 Å². The number of piperidine rings is 1. The van der Waals surface area contributed by atoms with E-state index >= 15 is 0 Å². The van der Waals surface area contributed by atoms with Gasteiger partial charge in [0.25, 0.3) is 0 Å². The Morgan fingerprint density at radius 3 is 2.68 bits per heavy atom. The first-order valence-corrected chi connectivity index (χ1v) is 6.54. The highest BCUT2D eigenvalue weighted by molar-refractivity contribution is 5.95. The largest absolute Gasteiger partial charge is 0.323 e. The van der Waals surface area contributed by atoms with Gasteiger partial charge in [0.15, 0.2) is 0 Å². The van der Waals surface area contributed by atoms with Gasteiger partial charge in [0, 0.05) is 6.07 Å². The van der Waals surface area contributed by atoms with Gasteiger partial charge in [-0.25, -0.2) is 8.78 Å². The first kappa shape index (κ1) is 13.9. The van der Waals surface area contributed by atoms with Gasteiger partial charge in [-0.3, -0.25) is 4.79 Å². The second-order valence-corrected chi connectivity index (χ2v) is 4.96. The lowest BCUT2D eigenvalue weighted by Crippen LogP contribution is -2.44. The molecule has 2 rings (SSSR count). The van der Waals surface area contributed by atoms with Gasteiger partial charge < -0.3 is 10.6 Å². The third kappa shape index (κ3) is 2.92. The van der Waals surface area contributed by atoms with E-state index in [9.17, 15) is 13.6 Å². The Labute approximate surface area is 111 Å². The number of carbonyl (C=O) groups is 1. The van der Waals surface area contributed by atoms with Crippen molar-refractivity contribution in [2.24, 2.45) is 5.41 Å². The molecule has 0 aliphatic carbocycles. The summed E-state index contributed by atoms with van der Waals surface area (Å²) in [6.07, 6.45) is 2.12. The van der Waals surface area contributed by atoms with E-state index in [2.05, 4.69) is 10.6 Å². The Kier molecular flexibility index (Phi) is 4.14. The fourth-order valence-electron chi connectivity index (χ4n) is 2.49. The Bertz CT molecular complexity index is 471. The molecule has 1 aliphatic heterocycles. The Morgan fingerprint density at radius 1 is 1.37 bits per heavy atom. The molecule has 1 aliphatic rings. The summed E-state index contributed by atoms with van der Waals surface area (Å²) in [5.41, 5.74) is -0.569. The molecule has 1 aromatic rings. The van der Waals surface area contributed by atoms with E-state index in [-0.39, 0.29) is 11.6 Å². The Morgan fingerprint density at radius 2 is 2.05 bits per heavy atom. The maximum atomic E-state index is 13.5. The van der Waals surface area contributed by atoms with E-state index in [0.717, 1.165) is 31.3 Å². The molecule has 0 bridgehead atoms. The summed E-state index contributed by atoms with van der Waals surface area (Å²) < 4.78 is 26.6. The minimum Gasteiger partial charge on any atom is -0.323 e. The molecule has 0 unspecified atom stereocenters. The fraction of sp³-hybridized carbons (Fsp3) is 0.500. The minimum absolute atomic E-state index is 0.0867. The highest BCUT2D eigenvalue weighted by atomic mass is 19.1. The Hall–Kier alpha value is -1.49. The van der Waals surface area contributed by atoms with E-state index in [0.29, 0.717) is 19.3 Å². The quantitative estimate of drug-likeness (QED) is 0.885.